The summed E-state index contributed by atoms with van der Waals surface area (Å²) >= 11 is 0. The predicted molar refractivity (Wildman–Crippen MR) is 78.4 cm³/mol. The number of sulfone groups is 1. The Balaban J connectivity index is 2.68. The zero-order valence-electron chi connectivity index (χ0n) is 13.5. The van der Waals surface area contributed by atoms with Gasteiger partial charge in [-0.25, -0.2) is 8.42 Å². The number of hydrogen-bond acceptors (Lipinski definition) is 7. The molecule has 2 rings (SSSR count). The molecule has 0 aromatic rings. The highest BCUT2D eigenvalue weighted by Gasteiger charge is 2.64. The molecule has 128 valence electrons. The van der Waals surface area contributed by atoms with E-state index in [1.807, 2.05) is 0 Å². The third kappa shape index (κ3) is 2.38. The molecule has 0 aliphatic carbocycles. The third-order valence-corrected chi connectivity index (χ3v) is 6.12. The molecule has 0 spiro atoms. The number of methoxy groups -OCH3 is 1. The number of carbonyl (C=O) groups is 3. The lowest BCUT2D eigenvalue weighted by Gasteiger charge is -2.50. The Morgan fingerprint density at radius 2 is 1.87 bits per heavy atom. The number of ether oxygens (including phenoxy) is 2. The molecule has 0 bridgehead atoms. The predicted octanol–water partition coefficient (Wildman–Crippen LogP) is -0.0136. The normalized spacial score (nSPS) is 29.7. The van der Waals surface area contributed by atoms with Crippen molar-refractivity contribution in [3.05, 3.63) is 11.3 Å². The molecular formula is C14H19NO7S. The summed E-state index contributed by atoms with van der Waals surface area (Å²) in [6.45, 7) is 6.35. The summed E-state index contributed by atoms with van der Waals surface area (Å²) in [6.07, 6.45) is -1.21. The maximum atomic E-state index is 12.7. The van der Waals surface area contributed by atoms with Crippen molar-refractivity contribution in [2.75, 3.05) is 7.11 Å². The maximum Gasteiger partial charge on any atom is 0.294 e. The maximum absolute atomic E-state index is 12.7. The molecule has 2 heterocycles. The molecule has 1 fully saturated rings. The second-order valence-corrected chi connectivity index (χ2v) is 8.61. The minimum absolute atomic E-state index is 0.0167. The zero-order chi connectivity index (χ0) is 17.7. The van der Waals surface area contributed by atoms with Crippen molar-refractivity contribution in [3.63, 3.8) is 0 Å². The molecule has 23 heavy (non-hydrogen) atoms. The molecule has 9 heteroatoms. The Bertz CT molecular complexity index is 701. The summed E-state index contributed by atoms with van der Waals surface area (Å²) in [5.74, 6) is -1.00. The van der Waals surface area contributed by atoms with E-state index in [1.54, 1.807) is 20.8 Å². The molecule has 0 aromatic carbocycles. The SMILES string of the molecule is CO[C@H]1C(=O)N2C(C(=O)C(C)(C)C)=C(C)[C@@H](OC=O)S(=O)(=O)[C@H]12. The first-order valence-corrected chi connectivity index (χ1v) is 8.54. The summed E-state index contributed by atoms with van der Waals surface area (Å²) in [5, 5.41) is -1.37. The first-order chi connectivity index (χ1) is 10.5. The molecule has 2 aliphatic heterocycles. The van der Waals surface area contributed by atoms with E-state index >= 15 is 0 Å². The molecule has 8 nitrogen and oxygen atoms in total. The Morgan fingerprint density at radius 1 is 1.30 bits per heavy atom. The Labute approximate surface area is 134 Å². The van der Waals surface area contributed by atoms with E-state index in [0.29, 0.717) is 0 Å². The Morgan fingerprint density at radius 3 is 2.30 bits per heavy atom. The highest BCUT2D eigenvalue weighted by atomic mass is 32.2. The fourth-order valence-corrected chi connectivity index (χ4v) is 4.89. The average Bonchev–Trinajstić information content (AvgIpc) is 2.43. The standard InChI is InChI=1S/C14H19NO7S/c1-7-8(10(17)14(2,3)4)15-11(18)9(21-5)12(15)23(19,20)13(7)22-6-16/h6,9,12-13H,1-5H3/t9-,12+,13-/m0/s1. The van der Waals surface area contributed by atoms with Gasteiger partial charge in [0, 0.05) is 18.1 Å². The van der Waals surface area contributed by atoms with E-state index < -0.39 is 43.9 Å². The lowest BCUT2D eigenvalue weighted by Crippen LogP contribution is -2.72. The smallest absolute Gasteiger partial charge is 0.294 e. The topological polar surface area (TPSA) is 107 Å². The summed E-state index contributed by atoms with van der Waals surface area (Å²) in [6, 6.07) is 0. The number of rotatable bonds is 4. The molecule has 0 radical (unpaired) electrons. The zero-order valence-corrected chi connectivity index (χ0v) is 14.3. The van der Waals surface area contributed by atoms with Crippen molar-refractivity contribution in [1.82, 2.24) is 4.90 Å². The third-order valence-electron chi connectivity index (χ3n) is 3.93. The van der Waals surface area contributed by atoms with E-state index in [0.717, 1.165) is 4.90 Å². The van der Waals surface area contributed by atoms with Gasteiger partial charge in [-0.3, -0.25) is 19.3 Å². The fraction of sp³-hybridized carbons (Fsp3) is 0.643. The number of allylic oxidation sites excluding steroid dienone is 1. The van der Waals surface area contributed by atoms with Gasteiger partial charge in [0.25, 0.3) is 12.4 Å². The van der Waals surface area contributed by atoms with Crippen molar-refractivity contribution >= 4 is 28.0 Å². The number of nitrogens with zero attached hydrogens (tertiary/aromatic N) is 1. The van der Waals surface area contributed by atoms with Gasteiger partial charge in [0.1, 0.15) is 0 Å². The number of ketones is 1. The lowest BCUT2D eigenvalue weighted by molar-refractivity contribution is -0.161. The van der Waals surface area contributed by atoms with Crippen LogP contribution in [0.1, 0.15) is 27.7 Å². The number of fused-ring (bicyclic) bond motifs is 1. The van der Waals surface area contributed by atoms with Gasteiger partial charge in [0.05, 0.1) is 5.70 Å². The van der Waals surface area contributed by atoms with Crippen molar-refractivity contribution in [2.24, 2.45) is 5.41 Å². The molecule has 1 saturated heterocycles. The van der Waals surface area contributed by atoms with Gasteiger partial charge >= 0.3 is 0 Å². The van der Waals surface area contributed by atoms with Gasteiger partial charge in [-0.05, 0) is 6.92 Å². The van der Waals surface area contributed by atoms with Crippen LogP contribution in [0, 0.1) is 5.41 Å². The number of hydrogen-bond donors (Lipinski definition) is 0. The average molecular weight is 345 g/mol. The Hall–Kier alpha value is -1.74. The van der Waals surface area contributed by atoms with Crippen molar-refractivity contribution < 1.29 is 32.3 Å². The number of Topliss-reactive ketones (excluding diaryl/α,β-unsaturated/α-hetero) is 1. The summed E-state index contributed by atoms with van der Waals surface area (Å²) in [4.78, 5) is 36.5. The van der Waals surface area contributed by atoms with E-state index in [-0.39, 0.29) is 17.7 Å². The van der Waals surface area contributed by atoms with Crippen LogP contribution in [0.15, 0.2) is 11.3 Å². The second kappa shape index (κ2) is 5.41. The monoisotopic (exact) mass is 345 g/mol. The molecule has 3 atom stereocenters. The molecule has 1 amide bonds. The second-order valence-electron chi connectivity index (χ2n) is 6.52. The summed E-state index contributed by atoms with van der Waals surface area (Å²) in [5.41, 5.74) is -2.46. The van der Waals surface area contributed by atoms with Crippen LogP contribution >= 0.6 is 0 Å². The molecule has 0 unspecified atom stereocenters. The number of amides is 1. The molecule has 0 saturated carbocycles. The van der Waals surface area contributed by atoms with E-state index in [2.05, 4.69) is 0 Å². The Kier molecular flexibility index (Phi) is 4.15. The number of carbonyl (C=O) groups excluding carboxylic acids is 3. The van der Waals surface area contributed by atoms with Gasteiger partial charge < -0.3 is 9.47 Å². The van der Waals surface area contributed by atoms with Gasteiger partial charge in [-0.15, -0.1) is 0 Å². The number of β-lactam (4-membered cyclic amide) rings is 1. The fourth-order valence-electron chi connectivity index (χ4n) is 2.76. The largest absolute Gasteiger partial charge is 0.443 e. The molecule has 2 aliphatic rings. The molecule has 0 aromatic heterocycles. The van der Waals surface area contributed by atoms with Crippen LogP contribution in [0.4, 0.5) is 0 Å². The summed E-state index contributed by atoms with van der Waals surface area (Å²) < 4.78 is 34.9. The van der Waals surface area contributed by atoms with Crippen LogP contribution < -0.4 is 0 Å². The van der Waals surface area contributed by atoms with Crippen LogP contribution in [-0.4, -0.2) is 55.5 Å². The van der Waals surface area contributed by atoms with Crippen LogP contribution in [0.25, 0.3) is 0 Å². The van der Waals surface area contributed by atoms with E-state index in [9.17, 15) is 22.8 Å². The van der Waals surface area contributed by atoms with Crippen molar-refractivity contribution in [3.8, 4) is 0 Å². The highest BCUT2D eigenvalue weighted by molar-refractivity contribution is 7.92. The van der Waals surface area contributed by atoms with Gasteiger partial charge in [-0.1, -0.05) is 20.8 Å². The quantitative estimate of drug-likeness (QED) is 0.521. The van der Waals surface area contributed by atoms with Crippen LogP contribution in [0.3, 0.4) is 0 Å². The van der Waals surface area contributed by atoms with Crippen LogP contribution in [0.5, 0.6) is 0 Å². The first-order valence-electron chi connectivity index (χ1n) is 6.93. The minimum atomic E-state index is -4.07. The first kappa shape index (κ1) is 17.6. The molecule has 0 N–H and O–H groups in total. The van der Waals surface area contributed by atoms with Crippen molar-refractivity contribution in [1.29, 1.82) is 0 Å². The van der Waals surface area contributed by atoms with Gasteiger partial charge in [0.15, 0.2) is 17.3 Å². The minimum Gasteiger partial charge on any atom is -0.443 e. The van der Waals surface area contributed by atoms with Crippen molar-refractivity contribution in [2.45, 2.75) is 44.6 Å². The van der Waals surface area contributed by atoms with Gasteiger partial charge in [-0.2, -0.15) is 0 Å². The summed E-state index contributed by atoms with van der Waals surface area (Å²) in [7, 11) is -2.86. The van der Waals surface area contributed by atoms with Crippen LogP contribution in [0.2, 0.25) is 0 Å². The van der Waals surface area contributed by atoms with Gasteiger partial charge in [0.2, 0.25) is 15.3 Å². The van der Waals surface area contributed by atoms with E-state index in [4.69, 9.17) is 9.47 Å². The molecular weight excluding hydrogens is 326 g/mol. The van der Waals surface area contributed by atoms with E-state index in [1.165, 1.54) is 14.0 Å². The highest BCUT2D eigenvalue weighted by Crippen LogP contribution is 2.43. The lowest BCUT2D eigenvalue weighted by atomic mass is 9.85. The van der Waals surface area contributed by atoms with Crippen LogP contribution in [-0.2, 0) is 33.7 Å².